The highest BCUT2D eigenvalue weighted by Crippen LogP contribution is 2.20. The Kier molecular flexibility index (Phi) is 6.46. The number of alkyl halides is 3. The van der Waals surface area contributed by atoms with E-state index >= 15 is 0 Å². The van der Waals surface area contributed by atoms with Crippen LogP contribution in [-0.2, 0) is 9.59 Å². The Labute approximate surface area is 106 Å². The van der Waals surface area contributed by atoms with Gasteiger partial charge in [-0.3, -0.25) is 14.4 Å². The quantitative estimate of drug-likeness (QED) is 0.680. The summed E-state index contributed by atoms with van der Waals surface area (Å²) in [6.07, 6.45) is -5.14. The van der Waals surface area contributed by atoms with Gasteiger partial charge in [-0.2, -0.15) is 13.2 Å². The van der Waals surface area contributed by atoms with E-state index in [9.17, 15) is 27.6 Å². The summed E-state index contributed by atoms with van der Waals surface area (Å²) in [5.74, 6) is -3.18. The number of aliphatic carboxylic acids is 1. The number of hydrogen-bond acceptors (Lipinski definition) is 3. The molecule has 1 aromatic rings. The van der Waals surface area contributed by atoms with Gasteiger partial charge in [0, 0.05) is 5.56 Å². The van der Waals surface area contributed by atoms with Gasteiger partial charge in [-0.25, -0.2) is 0 Å². The molecule has 104 valence electrons. The van der Waals surface area contributed by atoms with E-state index in [4.69, 9.17) is 5.11 Å². The van der Waals surface area contributed by atoms with Gasteiger partial charge in [0.1, 0.15) is 12.2 Å². The van der Waals surface area contributed by atoms with E-state index in [-0.39, 0.29) is 17.8 Å². The molecule has 0 fully saturated rings. The molecule has 0 aromatic heterocycles. The van der Waals surface area contributed by atoms with Crippen LogP contribution < -0.4 is 0 Å². The summed E-state index contributed by atoms with van der Waals surface area (Å²) < 4.78 is 35.4. The van der Waals surface area contributed by atoms with Crippen LogP contribution >= 0.6 is 0 Å². The number of carboxylic acids is 1. The van der Waals surface area contributed by atoms with E-state index in [0.29, 0.717) is 0 Å². The molecule has 0 heterocycles. The summed E-state index contributed by atoms with van der Waals surface area (Å²) in [6.45, 7) is 1.24. The minimum atomic E-state index is -4.78. The Bertz CT molecular complexity index is 440. The molecule has 0 saturated carbocycles. The number of ketones is 2. The van der Waals surface area contributed by atoms with Gasteiger partial charge in [0.15, 0.2) is 0 Å². The maximum atomic E-state index is 11.8. The topological polar surface area (TPSA) is 71.4 Å². The summed E-state index contributed by atoms with van der Waals surface area (Å²) >= 11 is 0. The predicted octanol–water partition coefficient (Wildman–Crippen LogP) is 2.48. The predicted molar refractivity (Wildman–Crippen MR) is 59.8 cm³/mol. The lowest BCUT2D eigenvalue weighted by Gasteiger charge is -2.03. The minimum absolute atomic E-state index is 0.312. The van der Waals surface area contributed by atoms with Crippen molar-refractivity contribution >= 4 is 17.5 Å². The zero-order valence-corrected chi connectivity index (χ0v) is 9.90. The Morgan fingerprint density at radius 2 is 1.58 bits per heavy atom. The third kappa shape index (κ3) is 7.69. The molecule has 0 bridgehead atoms. The van der Waals surface area contributed by atoms with E-state index in [0.717, 1.165) is 12.1 Å². The van der Waals surface area contributed by atoms with Crippen LogP contribution in [0.15, 0.2) is 30.3 Å². The minimum Gasteiger partial charge on any atom is -0.481 e. The average Bonchev–Trinajstić information content (AvgIpc) is 2.27. The molecule has 0 aliphatic heterocycles. The van der Waals surface area contributed by atoms with E-state index in [1.165, 1.54) is 19.1 Å². The van der Waals surface area contributed by atoms with Gasteiger partial charge >= 0.3 is 12.1 Å². The van der Waals surface area contributed by atoms with Crippen molar-refractivity contribution in [3.63, 3.8) is 0 Å². The molecule has 7 heteroatoms. The van der Waals surface area contributed by atoms with Gasteiger partial charge in [-0.1, -0.05) is 30.3 Å². The second kappa shape index (κ2) is 7.30. The van der Waals surface area contributed by atoms with Gasteiger partial charge in [-0.15, -0.1) is 0 Å². The number of carbonyl (C=O) groups is 3. The van der Waals surface area contributed by atoms with Gasteiger partial charge in [0.05, 0.1) is 0 Å². The van der Waals surface area contributed by atoms with Crippen LogP contribution in [0.3, 0.4) is 0 Å². The first-order chi connectivity index (χ1) is 8.64. The highest BCUT2D eigenvalue weighted by molar-refractivity contribution is 6.00. The van der Waals surface area contributed by atoms with Crippen LogP contribution in [0, 0.1) is 0 Å². The molecule has 0 spiro atoms. The molecule has 0 amide bonds. The van der Waals surface area contributed by atoms with Crippen molar-refractivity contribution in [2.75, 3.05) is 0 Å². The largest absolute Gasteiger partial charge is 0.481 e. The fourth-order valence-corrected chi connectivity index (χ4v) is 0.966. The third-order valence-electron chi connectivity index (χ3n) is 1.69. The van der Waals surface area contributed by atoms with Crippen molar-refractivity contribution in [3.05, 3.63) is 35.9 Å². The lowest BCUT2D eigenvalue weighted by atomic mass is 10.1. The smallest absolute Gasteiger partial charge is 0.454 e. The van der Waals surface area contributed by atoms with Crippen molar-refractivity contribution in [1.82, 2.24) is 0 Å². The number of carboxylic acid groups (broad SMARTS) is 1. The second-order valence-corrected chi connectivity index (χ2v) is 3.47. The molecular weight excluding hydrogens is 265 g/mol. The SMILES string of the molecule is CC(=O)CC(=O)O.O=C(c1ccccc1)C(F)(F)F. The number of carbonyl (C=O) groups excluding carboxylic acids is 2. The molecule has 1 aromatic carbocycles. The molecule has 0 aliphatic carbocycles. The first kappa shape index (κ1) is 16.8. The van der Waals surface area contributed by atoms with Crippen molar-refractivity contribution in [2.45, 2.75) is 19.5 Å². The summed E-state index contributed by atoms with van der Waals surface area (Å²) in [4.78, 5) is 30.0. The van der Waals surface area contributed by atoms with Gasteiger partial charge in [0.25, 0.3) is 5.78 Å². The fraction of sp³-hybridized carbons (Fsp3) is 0.250. The van der Waals surface area contributed by atoms with E-state index in [1.807, 2.05) is 0 Å². The highest BCUT2D eigenvalue weighted by atomic mass is 19.4. The standard InChI is InChI=1S/C8H5F3O.C4H6O3/c9-8(10,11)7(12)6-4-2-1-3-5-6;1-3(5)2-4(6)7/h1-5H;2H2,1H3,(H,6,7). The Morgan fingerprint density at radius 1 is 1.11 bits per heavy atom. The summed E-state index contributed by atoms with van der Waals surface area (Å²) in [7, 11) is 0. The van der Waals surface area contributed by atoms with E-state index < -0.39 is 17.9 Å². The average molecular weight is 276 g/mol. The molecule has 0 saturated heterocycles. The van der Waals surface area contributed by atoms with Crippen LogP contribution in [-0.4, -0.2) is 28.8 Å². The number of rotatable bonds is 3. The maximum absolute atomic E-state index is 11.8. The maximum Gasteiger partial charge on any atom is 0.454 e. The lowest BCUT2D eigenvalue weighted by Crippen LogP contribution is -2.22. The van der Waals surface area contributed by atoms with Crippen LogP contribution in [0.2, 0.25) is 0 Å². The Morgan fingerprint density at radius 3 is 1.84 bits per heavy atom. The number of halogens is 3. The van der Waals surface area contributed by atoms with Crippen molar-refractivity contribution in [2.24, 2.45) is 0 Å². The molecule has 0 unspecified atom stereocenters. The second-order valence-electron chi connectivity index (χ2n) is 3.47. The summed E-state index contributed by atoms with van der Waals surface area (Å²) in [6, 6.07) is 6.59. The summed E-state index contributed by atoms with van der Waals surface area (Å²) in [5.41, 5.74) is -0.329. The monoisotopic (exact) mass is 276 g/mol. The number of benzene rings is 1. The van der Waals surface area contributed by atoms with E-state index in [2.05, 4.69) is 0 Å². The molecule has 0 radical (unpaired) electrons. The molecule has 1 N–H and O–H groups in total. The molecule has 0 atom stereocenters. The van der Waals surface area contributed by atoms with Crippen LogP contribution in [0.5, 0.6) is 0 Å². The zero-order chi connectivity index (χ0) is 15.1. The van der Waals surface area contributed by atoms with Crippen molar-refractivity contribution in [1.29, 1.82) is 0 Å². The first-order valence-corrected chi connectivity index (χ1v) is 5.02. The third-order valence-corrected chi connectivity index (χ3v) is 1.69. The molecule has 4 nitrogen and oxygen atoms in total. The zero-order valence-electron chi connectivity index (χ0n) is 9.90. The van der Waals surface area contributed by atoms with Crippen molar-refractivity contribution < 1.29 is 32.7 Å². The van der Waals surface area contributed by atoms with E-state index in [1.54, 1.807) is 6.07 Å². The number of Topliss-reactive ketones (excluding diaryl/α,β-unsaturated/α-hetero) is 2. The van der Waals surface area contributed by atoms with Gasteiger partial charge in [0.2, 0.25) is 0 Å². The van der Waals surface area contributed by atoms with Crippen LogP contribution in [0.25, 0.3) is 0 Å². The summed E-state index contributed by atoms with van der Waals surface area (Å²) in [5, 5.41) is 7.86. The Hall–Kier alpha value is -2.18. The highest BCUT2D eigenvalue weighted by Gasteiger charge is 2.38. The number of hydrogen-bond donors (Lipinski definition) is 1. The Balaban J connectivity index is 0.000000399. The first-order valence-electron chi connectivity index (χ1n) is 5.02. The molecular formula is C12H11F3O4. The van der Waals surface area contributed by atoms with Gasteiger partial charge in [-0.05, 0) is 6.92 Å². The van der Waals surface area contributed by atoms with Crippen LogP contribution in [0.4, 0.5) is 13.2 Å². The van der Waals surface area contributed by atoms with Gasteiger partial charge < -0.3 is 5.11 Å². The normalized spacial score (nSPS) is 10.1. The van der Waals surface area contributed by atoms with Crippen molar-refractivity contribution in [3.8, 4) is 0 Å². The fourth-order valence-electron chi connectivity index (χ4n) is 0.966. The molecule has 19 heavy (non-hydrogen) atoms. The van der Waals surface area contributed by atoms with Crippen LogP contribution in [0.1, 0.15) is 23.7 Å². The molecule has 0 aliphatic rings. The lowest BCUT2D eigenvalue weighted by molar-refractivity contribution is -0.139. The molecule has 1 rings (SSSR count).